The minimum atomic E-state index is -2.43. The molecule has 1 aliphatic carbocycles. The van der Waals surface area contributed by atoms with Gasteiger partial charge in [0.15, 0.2) is 0 Å². The van der Waals surface area contributed by atoms with Crippen LogP contribution in [0.2, 0.25) is 0 Å². The molecule has 0 aliphatic heterocycles. The van der Waals surface area contributed by atoms with Crippen molar-refractivity contribution >= 4 is 5.91 Å². The van der Waals surface area contributed by atoms with Gasteiger partial charge >= 0.3 is 0 Å². The third kappa shape index (κ3) is 4.95. The van der Waals surface area contributed by atoms with E-state index in [4.69, 9.17) is 5.73 Å². The third-order valence-electron chi connectivity index (χ3n) is 2.85. The molecule has 2 N–H and O–H groups in total. The highest BCUT2D eigenvalue weighted by Crippen LogP contribution is 2.26. The van der Waals surface area contributed by atoms with Crippen LogP contribution in [0.5, 0.6) is 0 Å². The standard InChI is InChI=1S/C11H21F2N3O/c1-2-16(9-3-4-9)11(17)8-15(6-5-14)7-10(12)13/h9-10H,2-8,14H2,1H3. The molecule has 1 aliphatic rings. The number of carbonyl (C=O) groups is 1. The molecule has 0 aromatic rings. The summed E-state index contributed by atoms with van der Waals surface area (Å²) in [7, 11) is 0. The van der Waals surface area contributed by atoms with Gasteiger partial charge < -0.3 is 10.6 Å². The second-order valence-electron chi connectivity index (χ2n) is 4.33. The lowest BCUT2D eigenvalue weighted by atomic mass is 10.3. The summed E-state index contributed by atoms with van der Waals surface area (Å²) in [6.45, 7) is 2.84. The fourth-order valence-corrected chi connectivity index (χ4v) is 1.92. The molecule has 4 nitrogen and oxygen atoms in total. The number of amides is 1. The van der Waals surface area contributed by atoms with E-state index in [0.29, 0.717) is 19.1 Å². The summed E-state index contributed by atoms with van der Waals surface area (Å²) in [5, 5.41) is 0. The Morgan fingerprint density at radius 3 is 2.53 bits per heavy atom. The molecule has 1 amide bonds. The molecular weight excluding hydrogens is 228 g/mol. The fraction of sp³-hybridized carbons (Fsp3) is 0.909. The van der Waals surface area contributed by atoms with E-state index < -0.39 is 6.43 Å². The summed E-state index contributed by atoms with van der Waals surface area (Å²) in [6.07, 6.45) is -0.359. The molecule has 6 heteroatoms. The number of nitrogens with zero attached hydrogens (tertiary/aromatic N) is 2. The number of likely N-dealkylation sites (N-methyl/N-ethyl adjacent to an activating group) is 1. The van der Waals surface area contributed by atoms with Crippen molar-refractivity contribution in [2.24, 2.45) is 5.73 Å². The largest absolute Gasteiger partial charge is 0.339 e. The molecule has 0 saturated heterocycles. The van der Waals surface area contributed by atoms with Gasteiger partial charge in [-0.1, -0.05) is 0 Å². The van der Waals surface area contributed by atoms with Crippen LogP contribution in [-0.4, -0.2) is 60.9 Å². The van der Waals surface area contributed by atoms with Crippen molar-refractivity contribution in [1.29, 1.82) is 0 Å². The Morgan fingerprint density at radius 2 is 2.12 bits per heavy atom. The van der Waals surface area contributed by atoms with Crippen molar-refractivity contribution < 1.29 is 13.6 Å². The van der Waals surface area contributed by atoms with Crippen LogP contribution in [0.4, 0.5) is 8.78 Å². The van der Waals surface area contributed by atoms with E-state index in [1.54, 1.807) is 4.90 Å². The zero-order valence-electron chi connectivity index (χ0n) is 10.2. The highest BCUT2D eigenvalue weighted by molar-refractivity contribution is 5.78. The van der Waals surface area contributed by atoms with Gasteiger partial charge in [-0.2, -0.15) is 0 Å². The van der Waals surface area contributed by atoms with Gasteiger partial charge in [-0.25, -0.2) is 8.78 Å². The minimum absolute atomic E-state index is 0.0475. The number of rotatable bonds is 8. The summed E-state index contributed by atoms with van der Waals surface area (Å²) in [5.74, 6) is -0.0656. The van der Waals surface area contributed by atoms with E-state index in [9.17, 15) is 13.6 Å². The van der Waals surface area contributed by atoms with Crippen molar-refractivity contribution in [2.75, 3.05) is 32.7 Å². The molecule has 0 atom stereocenters. The molecule has 0 heterocycles. The number of carbonyl (C=O) groups excluding carboxylic acids is 1. The Kier molecular flexibility index (Phi) is 5.77. The third-order valence-corrected chi connectivity index (χ3v) is 2.85. The molecule has 0 bridgehead atoms. The van der Waals surface area contributed by atoms with E-state index in [0.717, 1.165) is 12.8 Å². The van der Waals surface area contributed by atoms with Crippen LogP contribution in [0.1, 0.15) is 19.8 Å². The summed E-state index contributed by atoms with van der Waals surface area (Å²) in [6, 6.07) is 0.332. The monoisotopic (exact) mass is 249 g/mol. The average Bonchev–Trinajstić information content (AvgIpc) is 3.02. The van der Waals surface area contributed by atoms with E-state index in [2.05, 4.69) is 0 Å². The number of alkyl halides is 2. The highest BCUT2D eigenvalue weighted by atomic mass is 19.3. The highest BCUT2D eigenvalue weighted by Gasteiger charge is 2.31. The Labute approximate surface area is 101 Å². The van der Waals surface area contributed by atoms with Gasteiger partial charge in [0.25, 0.3) is 6.43 Å². The maximum atomic E-state index is 12.3. The molecule has 1 fully saturated rings. The molecule has 0 radical (unpaired) electrons. The lowest BCUT2D eigenvalue weighted by Crippen LogP contribution is -2.44. The lowest BCUT2D eigenvalue weighted by Gasteiger charge is -2.26. The maximum Gasteiger partial charge on any atom is 0.251 e. The van der Waals surface area contributed by atoms with Crippen LogP contribution in [0.15, 0.2) is 0 Å². The topological polar surface area (TPSA) is 49.6 Å². The fourth-order valence-electron chi connectivity index (χ4n) is 1.92. The van der Waals surface area contributed by atoms with Gasteiger partial charge in [-0.3, -0.25) is 9.69 Å². The number of halogens is 2. The molecule has 0 spiro atoms. The van der Waals surface area contributed by atoms with Crippen LogP contribution >= 0.6 is 0 Å². The first-order chi connectivity index (χ1) is 8.08. The number of hydrogen-bond acceptors (Lipinski definition) is 3. The Bertz CT molecular complexity index is 247. The summed E-state index contributed by atoms with van der Waals surface area (Å²) < 4.78 is 24.6. The Morgan fingerprint density at radius 1 is 1.47 bits per heavy atom. The molecule has 0 aromatic carbocycles. The molecule has 1 saturated carbocycles. The Hall–Kier alpha value is -0.750. The SMILES string of the molecule is CCN(C(=O)CN(CCN)CC(F)F)C1CC1. The zero-order valence-corrected chi connectivity index (χ0v) is 10.2. The maximum absolute atomic E-state index is 12.3. The summed E-state index contributed by atoms with van der Waals surface area (Å²) in [4.78, 5) is 15.1. The van der Waals surface area contributed by atoms with Crippen LogP contribution in [-0.2, 0) is 4.79 Å². The van der Waals surface area contributed by atoms with Gasteiger partial charge in [0.1, 0.15) is 0 Å². The van der Waals surface area contributed by atoms with Crippen molar-refractivity contribution in [3.05, 3.63) is 0 Å². The predicted molar refractivity (Wildman–Crippen MR) is 61.9 cm³/mol. The molecule has 1 rings (SSSR count). The second-order valence-corrected chi connectivity index (χ2v) is 4.33. The molecule has 0 aromatic heterocycles. The molecular formula is C11H21F2N3O. The first kappa shape index (κ1) is 14.3. The first-order valence-electron chi connectivity index (χ1n) is 6.08. The quantitative estimate of drug-likeness (QED) is 0.682. The van der Waals surface area contributed by atoms with Crippen LogP contribution in [0.25, 0.3) is 0 Å². The normalized spacial score (nSPS) is 15.6. The number of nitrogens with two attached hydrogens (primary N) is 1. The van der Waals surface area contributed by atoms with Crippen molar-refractivity contribution in [2.45, 2.75) is 32.2 Å². The average molecular weight is 249 g/mol. The van der Waals surface area contributed by atoms with Gasteiger partial charge in [0.05, 0.1) is 13.1 Å². The summed E-state index contributed by atoms with van der Waals surface area (Å²) in [5.41, 5.74) is 5.35. The van der Waals surface area contributed by atoms with Crippen molar-refractivity contribution in [1.82, 2.24) is 9.80 Å². The van der Waals surface area contributed by atoms with E-state index in [-0.39, 0.29) is 25.5 Å². The van der Waals surface area contributed by atoms with Crippen LogP contribution in [0.3, 0.4) is 0 Å². The smallest absolute Gasteiger partial charge is 0.251 e. The van der Waals surface area contributed by atoms with Gasteiger partial charge in [0.2, 0.25) is 5.91 Å². The Balaban J connectivity index is 2.43. The summed E-state index contributed by atoms with van der Waals surface area (Å²) >= 11 is 0. The molecule has 0 unspecified atom stereocenters. The lowest BCUT2D eigenvalue weighted by molar-refractivity contribution is -0.133. The van der Waals surface area contributed by atoms with Crippen LogP contribution < -0.4 is 5.73 Å². The van der Waals surface area contributed by atoms with Crippen LogP contribution in [0, 0.1) is 0 Å². The van der Waals surface area contributed by atoms with Crippen molar-refractivity contribution in [3.63, 3.8) is 0 Å². The number of hydrogen-bond donors (Lipinski definition) is 1. The van der Waals surface area contributed by atoms with Gasteiger partial charge in [-0.05, 0) is 19.8 Å². The minimum Gasteiger partial charge on any atom is -0.339 e. The van der Waals surface area contributed by atoms with E-state index in [1.165, 1.54) is 4.90 Å². The predicted octanol–water partition coefficient (Wildman–Crippen LogP) is 0.523. The zero-order chi connectivity index (χ0) is 12.8. The van der Waals surface area contributed by atoms with E-state index >= 15 is 0 Å². The second kappa shape index (κ2) is 6.86. The van der Waals surface area contributed by atoms with Crippen molar-refractivity contribution in [3.8, 4) is 0 Å². The first-order valence-corrected chi connectivity index (χ1v) is 6.08. The van der Waals surface area contributed by atoms with Gasteiger partial charge in [0, 0.05) is 25.7 Å². The molecule has 17 heavy (non-hydrogen) atoms. The van der Waals surface area contributed by atoms with Gasteiger partial charge in [-0.15, -0.1) is 0 Å². The molecule has 100 valence electrons. The van der Waals surface area contributed by atoms with E-state index in [1.807, 2.05) is 6.92 Å².